The summed E-state index contributed by atoms with van der Waals surface area (Å²) in [7, 11) is 0. The number of nitrogens with zero attached hydrogens (tertiary/aromatic N) is 3. The summed E-state index contributed by atoms with van der Waals surface area (Å²) >= 11 is 1.54. The van der Waals surface area contributed by atoms with Crippen molar-refractivity contribution in [3.8, 4) is 5.69 Å². The Morgan fingerprint density at radius 1 is 1.12 bits per heavy atom. The lowest BCUT2D eigenvalue weighted by atomic mass is 10.0. The molecule has 3 aromatic rings. The van der Waals surface area contributed by atoms with Crippen molar-refractivity contribution >= 4 is 17.7 Å². The number of rotatable bonds is 9. The highest BCUT2D eigenvalue weighted by atomic mass is 32.2. The minimum atomic E-state index is -0.268. The Kier molecular flexibility index (Phi) is 7.81. The maximum Gasteiger partial charge on any atom is 0.220 e. The Bertz CT molecular complexity index is 1060. The van der Waals surface area contributed by atoms with Crippen molar-refractivity contribution in [3.05, 3.63) is 71.3 Å². The van der Waals surface area contributed by atoms with E-state index in [4.69, 9.17) is 0 Å². The molecule has 5 nitrogen and oxygen atoms in total. The van der Waals surface area contributed by atoms with Crippen LogP contribution in [0.25, 0.3) is 5.69 Å². The summed E-state index contributed by atoms with van der Waals surface area (Å²) in [6.45, 7) is 4.00. The van der Waals surface area contributed by atoms with Gasteiger partial charge in [0, 0.05) is 17.9 Å². The fourth-order valence-electron chi connectivity index (χ4n) is 4.33. The summed E-state index contributed by atoms with van der Waals surface area (Å²) in [5.41, 5.74) is 3.13. The van der Waals surface area contributed by atoms with Crippen LogP contribution in [-0.4, -0.2) is 20.7 Å². The fourth-order valence-corrected chi connectivity index (χ4v) is 5.25. The molecule has 0 radical (unpaired) electrons. The van der Waals surface area contributed by atoms with E-state index in [0.717, 1.165) is 22.8 Å². The lowest BCUT2D eigenvalue weighted by molar-refractivity contribution is -0.122. The van der Waals surface area contributed by atoms with Gasteiger partial charge in [0.1, 0.15) is 5.82 Å². The Hall–Kier alpha value is -2.67. The van der Waals surface area contributed by atoms with Gasteiger partial charge in [-0.15, -0.1) is 10.2 Å². The molecule has 1 atom stereocenters. The van der Waals surface area contributed by atoms with Gasteiger partial charge in [-0.25, -0.2) is 4.39 Å². The number of halogens is 1. The second-order valence-electron chi connectivity index (χ2n) is 8.91. The smallest absolute Gasteiger partial charge is 0.220 e. The van der Waals surface area contributed by atoms with E-state index in [2.05, 4.69) is 27.6 Å². The van der Waals surface area contributed by atoms with E-state index < -0.39 is 0 Å². The predicted octanol–water partition coefficient (Wildman–Crippen LogP) is 6.15. The molecular weight excluding hydrogens is 435 g/mol. The minimum absolute atomic E-state index is 0.0633. The lowest BCUT2D eigenvalue weighted by Crippen LogP contribution is -2.28. The number of thioether (sulfide) groups is 1. The van der Waals surface area contributed by atoms with Crippen LogP contribution < -0.4 is 5.32 Å². The van der Waals surface area contributed by atoms with Crippen molar-refractivity contribution in [1.29, 1.82) is 0 Å². The highest BCUT2D eigenvalue weighted by molar-refractivity contribution is 7.98. The summed E-state index contributed by atoms with van der Waals surface area (Å²) in [5.74, 6) is 1.86. The van der Waals surface area contributed by atoms with Crippen LogP contribution in [0.5, 0.6) is 0 Å². The van der Waals surface area contributed by atoms with Crippen molar-refractivity contribution < 1.29 is 9.18 Å². The van der Waals surface area contributed by atoms with Crippen molar-refractivity contribution in [2.45, 2.75) is 69.3 Å². The van der Waals surface area contributed by atoms with Gasteiger partial charge in [-0.2, -0.15) is 0 Å². The standard InChI is InChI=1S/C26H31FN4OS/c1-18-7-14-23(15-8-18)31-25(19(2)28-24(32)16-11-20-5-3-4-6-20)29-30-26(31)33-17-21-9-12-22(27)13-10-21/h7-10,12-15,19-20H,3-6,11,16-17H2,1-2H3,(H,28,32). The van der Waals surface area contributed by atoms with E-state index in [1.807, 2.05) is 30.5 Å². The van der Waals surface area contributed by atoms with Crippen LogP contribution in [0, 0.1) is 18.7 Å². The monoisotopic (exact) mass is 466 g/mol. The molecule has 1 unspecified atom stereocenters. The van der Waals surface area contributed by atoms with Crippen LogP contribution in [0.15, 0.2) is 53.7 Å². The Morgan fingerprint density at radius 2 is 1.82 bits per heavy atom. The van der Waals surface area contributed by atoms with E-state index in [-0.39, 0.29) is 17.8 Å². The third-order valence-corrected chi connectivity index (χ3v) is 7.25. The van der Waals surface area contributed by atoms with Crippen molar-refractivity contribution in [3.63, 3.8) is 0 Å². The zero-order chi connectivity index (χ0) is 23.2. The van der Waals surface area contributed by atoms with Crippen LogP contribution in [0.3, 0.4) is 0 Å². The van der Waals surface area contributed by atoms with Crippen LogP contribution in [-0.2, 0) is 10.5 Å². The molecule has 7 heteroatoms. The zero-order valence-corrected chi connectivity index (χ0v) is 20.1. The van der Waals surface area contributed by atoms with Gasteiger partial charge in [-0.05, 0) is 56.0 Å². The summed E-state index contributed by atoms with van der Waals surface area (Å²) in [6.07, 6.45) is 6.60. The molecule has 33 heavy (non-hydrogen) atoms. The van der Waals surface area contributed by atoms with Crippen molar-refractivity contribution in [2.24, 2.45) is 5.92 Å². The molecule has 0 bridgehead atoms. The molecule has 0 aliphatic heterocycles. The SMILES string of the molecule is Cc1ccc(-n2c(SCc3ccc(F)cc3)nnc2C(C)NC(=O)CCC2CCCC2)cc1. The number of carbonyl (C=O) groups is 1. The summed E-state index contributed by atoms with van der Waals surface area (Å²) in [6, 6.07) is 14.4. The first-order chi connectivity index (χ1) is 16.0. The molecule has 1 aliphatic rings. The van der Waals surface area contributed by atoms with Crippen LogP contribution in [0.2, 0.25) is 0 Å². The average molecular weight is 467 g/mol. The van der Waals surface area contributed by atoms with E-state index in [9.17, 15) is 9.18 Å². The molecule has 1 heterocycles. The average Bonchev–Trinajstić information content (AvgIpc) is 3.48. The number of aryl methyl sites for hydroxylation is 1. The molecule has 1 amide bonds. The maximum absolute atomic E-state index is 13.2. The summed E-state index contributed by atoms with van der Waals surface area (Å²) < 4.78 is 15.2. The van der Waals surface area contributed by atoms with Crippen molar-refractivity contribution in [2.75, 3.05) is 0 Å². The van der Waals surface area contributed by atoms with Crippen molar-refractivity contribution in [1.82, 2.24) is 20.1 Å². The minimum Gasteiger partial charge on any atom is -0.346 e. The molecule has 1 aromatic heterocycles. The van der Waals surface area contributed by atoms with E-state index >= 15 is 0 Å². The first-order valence-corrected chi connectivity index (χ1v) is 12.7. The maximum atomic E-state index is 13.2. The molecule has 1 aliphatic carbocycles. The molecule has 1 saturated carbocycles. The third-order valence-electron chi connectivity index (χ3n) is 6.25. The Labute approximate surface area is 199 Å². The number of carbonyl (C=O) groups excluding carboxylic acids is 1. The Balaban J connectivity index is 1.50. The summed E-state index contributed by atoms with van der Waals surface area (Å²) in [4.78, 5) is 12.6. The van der Waals surface area contributed by atoms with Gasteiger partial charge in [0.2, 0.25) is 5.91 Å². The zero-order valence-electron chi connectivity index (χ0n) is 19.3. The van der Waals surface area contributed by atoms with Gasteiger partial charge in [0.15, 0.2) is 11.0 Å². The Morgan fingerprint density at radius 3 is 2.52 bits per heavy atom. The van der Waals surface area contributed by atoms with E-state index in [0.29, 0.717) is 23.9 Å². The third kappa shape index (κ3) is 6.22. The highest BCUT2D eigenvalue weighted by Gasteiger charge is 2.22. The van der Waals surface area contributed by atoms with Gasteiger partial charge in [-0.3, -0.25) is 9.36 Å². The van der Waals surface area contributed by atoms with E-state index in [1.54, 1.807) is 23.9 Å². The van der Waals surface area contributed by atoms with E-state index in [1.165, 1.54) is 43.4 Å². The fraction of sp³-hybridized carbons (Fsp3) is 0.423. The first-order valence-electron chi connectivity index (χ1n) is 11.7. The molecule has 2 aromatic carbocycles. The number of hydrogen-bond acceptors (Lipinski definition) is 4. The van der Waals surface area contributed by atoms with Gasteiger partial charge in [0.05, 0.1) is 6.04 Å². The molecule has 4 rings (SSSR count). The molecule has 0 saturated heterocycles. The topological polar surface area (TPSA) is 59.8 Å². The molecule has 174 valence electrons. The molecule has 0 spiro atoms. The lowest BCUT2D eigenvalue weighted by Gasteiger charge is -2.17. The number of nitrogens with one attached hydrogen (secondary N) is 1. The number of aromatic nitrogens is 3. The summed E-state index contributed by atoms with van der Waals surface area (Å²) in [5, 5.41) is 12.7. The van der Waals surface area contributed by atoms with Crippen LogP contribution >= 0.6 is 11.8 Å². The normalized spacial score (nSPS) is 15.0. The van der Waals surface area contributed by atoms with Crippen LogP contribution in [0.1, 0.15) is 68.4 Å². The highest BCUT2D eigenvalue weighted by Crippen LogP contribution is 2.30. The molecule has 1 fully saturated rings. The predicted molar refractivity (Wildman–Crippen MR) is 130 cm³/mol. The molecular formula is C26H31FN4OS. The number of benzene rings is 2. The van der Waals surface area contributed by atoms with Gasteiger partial charge in [0.25, 0.3) is 0 Å². The first kappa shape index (κ1) is 23.5. The van der Waals surface area contributed by atoms with Gasteiger partial charge < -0.3 is 5.32 Å². The second kappa shape index (κ2) is 11.0. The van der Waals surface area contributed by atoms with Gasteiger partial charge in [-0.1, -0.05) is 67.3 Å². The number of hydrogen-bond donors (Lipinski definition) is 1. The molecule has 1 N–H and O–H groups in total. The number of amides is 1. The quantitative estimate of drug-likeness (QED) is 0.384. The second-order valence-corrected chi connectivity index (χ2v) is 9.85. The van der Waals surface area contributed by atoms with Gasteiger partial charge >= 0.3 is 0 Å². The largest absolute Gasteiger partial charge is 0.346 e. The van der Waals surface area contributed by atoms with Crippen LogP contribution in [0.4, 0.5) is 4.39 Å².